The second-order valence-corrected chi connectivity index (χ2v) is 14.5. The number of hydrogen-bond acceptors (Lipinski definition) is 8. The highest BCUT2D eigenvalue weighted by atomic mass is 35.5. The quantitative estimate of drug-likeness (QED) is 0.277. The average Bonchev–Trinajstić information content (AvgIpc) is 3.43. The molecule has 46 heavy (non-hydrogen) atoms. The molecule has 3 amide bonds. The first kappa shape index (κ1) is 32.0. The number of hydrogen-bond donors (Lipinski definition) is 2. The molecule has 0 aliphatic carbocycles. The predicted molar refractivity (Wildman–Crippen MR) is 165 cm³/mol. The molecule has 3 aromatic carbocycles. The van der Waals surface area contributed by atoms with Gasteiger partial charge < -0.3 is 5.32 Å². The first-order valence-corrected chi connectivity index (χ1v) is 16.9. The molecule has 0 bridgehead atoms. The van der Waals surface area contributed by atoms with Crippen molar-refractivity contribution in [2.75, 3.05) is 10.2 Å². The van der Waals surface area contributed by atoms with Crippen LogP contribution in [0.2, 0.25) is 5.02 Å². The monoisotopic (exact) mass is 708 g/mol. The van der Waals surface area contributed by atoms with Crippen molar-refractivity contribution < 1.29 is 36.0 Å². The van der Waals surface area contributed by atoms with Crippen molar-refractivity contribution in [3.63, 3.8) is 0 Å². The van der Waals surface area contributed by atoms with Crippen LogP contribution in [0.25, 0.3) is 0 Å². The van der Waals surface area contributed by atoms with Gasteiger partial charge in [-0.3, -0.25) is 23.7 Å². The molecule has 4 aromatic rings. The Bertz CT molecular complexity index is 2070. The fourth-order valence-corrected chi connectivity index (χ4v) is 8.85. The van der Waals surface area contributed by atoms with Crippen LogP contribution in [0.4, 0.5) is 24.5 Å². The molecule has 0 unspecified atom stereocenters. The molecular weight excluding hydrogens is 689 g/mol. The highest BCUT2D eigenvalue weighted by molar-refractivity contribution is 8.00. The van der Waals surface area contributed by atoms with Gasteiger partial charge in [0.25, 0.3) is 0 Å². The number of benzene rings is 3. The minimum absolute atomic E-state index is 0.164. The second kappa shape index (κ2) is 11.7. The van der Waals surface area contributed by atoms with Gasteiger partial charge in [0.1, 0.15) is 11.8 Å². The lowest BCUT2D eigenvalue weighted by Crippen LogP contribution is -2.33. The minimum atomic E-state index is -4.71. The molecule has 0 radical (unpaired) electrons. The zero-order valence-electron chi connectivity index (χ0n) is 23.0. The third-order valence-corrected chi connectivity index (χ3v) is 11.3. The summed E-state index contributed by atoms with van der Waals surface area (Å²) in [5.41, 5.74) is -0.487. The summed E-state index contributed by atoms with van der Waals surface area (Å²) in [6, 6.07) is 15.4. The molecule has 1 fully saturated rings. The van der Waals surface area contributed by atoms with Crippen LogP contribution in [0.15, 0.2) is 87.5 Å². The van der Waals surface area contributed by atoms with Gasteiger partial charge in [-0.05, 0) is 60.2 Å². The zero-order chi connectivity index (χ0) is 33.1. The number of sulfonamides is 1. The summed E-state index contributed by atoms with van der Waals surface area (Å²) < 4.78 is 64.7. The molecule has 1 saturated heterocycles. The van der Waals surface area contributed by atoms with Crippen molar-refractivity contribution >= 4 is 73.8 Å². The highest BCUT2D eigenvalue weighted by Crippen LogP contribution is 2.54. The van der Waals surface area contributed by atoms with E-state index in [0.29, 0.717) is 15.5 Å². The highest BCUT2D eigenvalue weighted by Gasteiger charge is 2.57. The van der Waals surface area contributed by atoms with Crippen LogP contribution in [0, 0.1) is 5.92 Å². The molecule has 3 heterocycles. The number of thioether (sulfide) groups is 1. The molecule has 0 saturated carbocycles. The Hall–Kier alpha value is -3.96. The van der Waals surface area contributed by atoms with Gasteiger partial charge in [0.05, 0.1) is 27.1 Å². The summed E-state index contributed by atoms with van der Waals surface area (Å²) in [5, 5.41) is 7.22. The van der Waals surface area contributed by atoms with Gasteiger partial charge in [0.2, 0.25) is 27.7 Å². The number of nitrogens with one attached hydrogen (secondary N) is 1. The van der Waals surface area contributed by atoms with Crippen molar-refractivity contribution in [2.24, 2.45) is 11.1 Å². The molecule has 238 valence electrons. The van der Waals surface area contributed by atoms with Crippen LogP contribution >= 0.6 is 34.7 Å². The number of anilines is 2. The summed E-state index contributed by atoms with van der Waals surface area (Å²) in [6.07, 6.45) is -4.71. The molecular formula is C29H20ClF3N4O6S3. The molecule has 2 aliphatic heterocycles. The number of amides is 3. The normalized spacial score (nSPS) is 19.6. The van der Waals surface area contributed by atoms with Crippen molar-refractivity contribution in [1.82, 2.24) is 4.57 Å². The van der Waals surface area contributed by atoms with E-state index in [1.54, 1.807) is 24.3 Å². The van der Waals surface area contributed by atoms with Crippen LogP contribution in [0.5, 0.6) is 0 Å². The second-order valence-electron chi connectivity index (χ2n) is 10.4. The van der Waals surface area contributed by atoms with E-state index in [2.05, 4.69) is 5.32 Å². The summed E-state index contributed by atoms with van der Waals surface area (Å²) in [6.45, 7) is -0.487. The number of thiazole rings is 1. The maximum atomic E-state index is 13.9. The van der Waals surface area contributed by atoms with E-state index in [-0.39, 0.29) is 21.3 Å². The van der Waals surface area contributed by atoms with E-state index in [1.165, 1.54) is 34.9 Å². The Morgan fingerprint density at radius 3 is 2.28 bits per heavy atom. The summed E-state index contributed by atoms with van der Waals surface area (Å²) in [5.74, 6) is -4.04. The Morgan fingerprint density at radius 2 is 1.65 bits per heavy atom. The lowest BCUT2D eigenvalue weighted by atomic mass is 9.83. The number of rotatable bonds is 6. The van der Waals surface area contributed by atoms with E-state index in [9.17, 15) is 40.8 Å². The number of carbonyl (C=O) groups excluding carboxylic acids is 3. The Kier molecular flexibility index (Phi) is 8.13. The topological polar surface area (TPSA) is 149 Å². The van der Waals surface area contributed by atoms with E-state index in [1.807, 2.05) is 0 Å². The van der Waals surface area contributed by atoms with Crippen molar-refractivity contribution in [2.45, 2.75) is 33.8 Å². The van der Waals surface area contributed by atoms with Crippen LogP contribution in [0.1, 0.15) is 21.9 Å². The molecule has 2 aliphatic rings. The first-order valence-electron chi connectivity index (χ1n) is 13.3. The Balaban J connectivity index is 1.37. The standard InChI is InChI=1S/C29H20ClF3N4O6S3/c30-16-6-4-14(5-7-16)21-22-23(26(40)37(25(22)39)18-3-1-2-15(12-18)29(31,32)33)44-27-24(21)45-28(41)36(27)13-20(38)35-17-8-10-19(11-9-17)46(34,42)43/h1-12,21-23H,13H2,(H,35,38)(H2,34,42,43)/t21-,22-,23+/m0/s1. The van der Waals surface area contributed by atoms with Crippen LogP contribution < -0.4 is 20.2 Å². The summed E-state index contributed by atoms with van der Waals surface area (Å²) >= 11 is 7.79. The summed E-state index contributed by atoms with van der Waals surface area (Å²) in [4.78, 5) is 54.5. The van der Waals surface area contributed by atoms with Gasteiger partial charge >= 0.3 is 11.0 Å². The molecule has 6 rings (SSSR count). The number of fused-ring (bicyclic) bond motifs is 2. The predicted octanol–water partition coefficient (Wildman–Crippen LogP) is 4.66. The molecule has 3 N–H and O–H groups in total. The third kappa shape index (κ3) is 5.86. The van der Waals surface area contributed by atoms with Crippen LogP contribution in [0.3, 0.4) is 0 Å². The summed E-state index contributed by atoms with van der Waals surface area (Å²) in [7, 11) is -3.95. The number of nitrogens with zero attached hydrogens (tertiary/aromatic N) is 2. The molecule has 17 heteroatoms. The minimum Gasteiger partial charge on any atom is -0.325 e. The van der Waals surface area contributed by atoms with Crippen molar-refractivity contribution in [1.29, 1.82) is 0 Å². The van der Waals surface area contributed by atoms with Crippen molar-refractivity contribution in [3.8, 4) is 0 Å². The Labute approximate surface area is 272 Å². The van der Waals surface area contributed by atoms with E-state index in [4.69, 9.17) is 16.7 Å². The van der Waals surface area contributed by atoms with Gasteiger partial charge in [0.15, 0.2) is 0 Å². The third-order valence-electron chi connectivity index (χ3n) is 7.48. The van der Waals surface area contributed by atoms with Gasteiger partial charge in [0, 0.05) is 21.5 Å². The lowest BCUT2D eigenvalue weighted by Gasteiger charge is -2.30. The smallest absolute Gasteiger partial charge is 0.325 e. The van der Waals surface area contributed by atoms with E-state index in [0.717, 1.165) is 46.2 Å². The number of alkyl halides is 3. The van der Waals surface area contributed by atoms with Crippen molar-refractivity contribution in [3.05, 3.63) is 103 Å². The number of aromatic nitrogens is 1. The average molecular weight is 709 g/mol. The number of nitrogens with two attached hydrogens (primary N) is 1. The van der Waals surface area contributed by atoms with Crippen LogP contribution in [-0.4, -0.2) is 36.0 Å². The molecule has 1 aromatic heterocycles. The van der Waals surface area contributed by atoms with Gasteiger partial charge in [-0.25, -0.2) is 18.5 Å². The van der Waals surface area contributed by atoms with E-state index >= 15 is 0 Å². The van der Waals surface area contributed by atoms with Gasteiger partial charge in [-0.2, -0.15) is 13.2 Å². The number of imide groups is 1. The Morgan fingerprint density at radius 1 is 0.978 bits per heavy atom. The number of primary sulfonamides is 1. The fraction of sp³-hybridized carbons (Fsp3) is 0.172. The SMILES string of the molecule is NS(=O)(=O)c1ccc(NC(=O)Cn2c3c(sc2=O)[C@@H](c2ccc(Cl)cc2)[C@@H]2C(=O)N(c4cccc(C(F)(F)F)c4)C(=O)[C@@H]2S3)cc1. The number of halogens is 4. The maximum absolute atomic E-state index is 13.9. The largest absolute Gasteiger partial charge is 0.416 e. The fourth-order valence-electron chi connectivity index (χ4n) is 5.43. The maximum Gasteiger partial charge on any atom is 0.416 e. The van der Waals surface area contributed by atoms with Crippen LogP contribution in [-0.2, 0) is 37.1 Å². The zero-order valence-corrected chi connectivity index (χ0v) is 26.2. The van der Waals surface area contributed by atoms with Gasteiger partial charge in [-0.1, -0.05) is 52.9 Å². The molecule has 10 nitrogen and oxygen atoms in total. The first-order chi connectivity index (χ1) is 21.6. The van der Waals surface area contributed by atoms with E-state index < -0.39 is 68.0 Å². The number of carbonyl (C=O) groups is 3. The lowest BCUT2D eigenvalue weighted by molar-refractivity contribution is -0.137. The molecule has 3 atom stereocenters. The van der Waals surface area contributed by atoms with Gasteiger partial charge in [-0.15, -0.1) is 0 Å². The molecule has 0 spiro atoms.